The number of fused-ring (bicyclic) bond motifs is 1. The second-order valence-corrected chi connectivity index (χ2v) is 7.76. The van der Waals surface area contributed by atoms with Gasteiger partial charge in [-0.05, 0) is 42.8 Å². The summed E-state index contributed by atoms with van der Waals surface area (Å²) in [6.45, 7) is 1.86. The van der Waals surface area contributed by atoms with Gasteiger partial charge in [0.25, 0.3) is 5.91 Å². The first kappa shape index (κ1) is 20.7. The molecule has 0 atom stereocenters. The summed E-state index contributed by atoms with van der Waals surface area (Å²) in [7, 11) is 1.59. The number of nitrogens with zero attached hydrogens (tertiary/aromatic N) is 3. The second kappa shape index (κ2) is 9.09. The minimum atomic E-state index is -0.521. The topological polar surface area (TPSA) is 64.5 Å². The third-order valence-electron chi connectivity index (χ3n) is 4.68. The number of halogens is 1. The van der Waals surface area contributed by atoms with Gasteiger partial charge in [-0.1, -0.05) is 35.6 Å². The number of thiazole rings is 1. The Kier molecular flexibility index (Phi) is 6.08. The first-order valence-electron chi connectivity index (χ1n) is 9.58. The van der Waals surface area contributed by atoms with E-state index in [1.54, 1.807) is 25.4 Å². The molecule has 0 saturated heterocycles. The maximum absolute atomic E-state index is 13.9. The largest absolute Gasteiger partial charge is 0.494 e. The Morgan fingerprint density at radius 2 is 1.90 bits per heavy atom. The van der Waals surface area contributed by atoms with E-state index in [-0.39, 0.29) is 24.8 Å². The predicted octanol–water partition coefficient (Wildman–Crippen LogP) is 4.76. The number of para-hydroxylation sites is 1. The molecule has 1 amide bonds. The Morgan fingerprint density at radius 1 is 1.10 bits per heavy atom. The Hall–Kier alpha value is -3.52. The van der Waals surface area contributed by atoms with Crippen LogP contribution in [0.25, 0.3) is 10.2 Å². The summed E-state index contributed by atoms with van der Waals surface area (Å²) in [6, 6.07) is 15.3. The van der Waals surface area contributed by atoms with Crippen LogP contribution in [0.2, 0.25) is 0 Å². The molecule has 0 aliphatic rings. The zero-order chi connectivity index (χ0) is 21.8. The van der Waals surface area contributed by atoms with E-state index in [1.807, 2.05) is 37.3 Å². The average molecular weight is 437 g/mol. The molecule has 4 rings (SSSR count). The number of aromatic nitrogens is 2. The lowest BCUT2D eigenvalue weighted by Crippen LogP contribution is -2.34. The standard InChI is InChI=1S/C23H20FN3O3S/c1-15-10-11-19(29-2)21-22(15)31-23(26-21)27(13-16-7-5-6-12-25-16)20(28)14-30-18-9-4-3-8-17(18)24/h3-12H,13-14H2,1-2H3. The van der Waals surface area contributed by atoms with Crippen LogP contribution >= 0.6 is 11.3 Å². The number of carbonyl (C=O) groups excluding carboxylic acids is 1. The number of amides is 1. The number of methoxy groups -OCH3 is 1. The Labute approximate surface area is 182 Å². The van der Waals surface area contributed by atoms with E-state index < -0.39 is 5.82 Å². The van der Waals surface area contributed by atoms with Gasteiger partial charge < -0.3 is 9.47 Å². The van der Waals surface area contributed by atoms with Crippen molar-refractivity contribution in [3.8, 4) is 11.5 Å². The lowest BCUT2D eigenvalue weighted by Gasteiger charge is -2.19. The van der Waals surface area contributed by atoms with Gasteiger partial charge in [-0.2, -0.15) is 0 Å². The molecule has 0 radical (unpaired) electrons. The lowest BCUT2D eigenvalue weighted by molar-refractivity contribution is -0.120. The fraction of sp³-hybridized carbons (Fsp3) is 0.174. The number of pyridine rings is 1. The highest BCUT2D eigenvalue weighted by molar-refractivity contribution is 7.22. The van der Waals surface area contributed by atoms with Crippen molar-refractivity contribution in [3.63, 3.8) is 0 Å². The van der Waals surface area contributed by atoms with E-state index in [9.17, 15) is 9.18 Å². The summed E-state index contributed by atoms with van der Waals surface area (Å²) < 4.78 is 25.7. The molecular weight excluding hydrogens is 417 g/mol. The average Bonchev–Trinajstić information content (AvgIpc) is 3.24. The summed E-state index contributed by atoms with van der Waals surface area (Å²) >= 11 is 1.39. The van der Waals surface area contributed by atoms with Crippen LogP contribution in [0.5, 0.6) is 11.5 Å². The molecule has 0 aliphatic heterocycles. The molecule has 4 aromatic rings. The highest BCUT2D eigenvalue weighted by Gasteiger charge is 2.23. The lowest BCUT2D eigenvalue weighted by atomic mass is 10.2. The molecule has 0 fully saturated rings. The van der Waals surface area contributed by atoms with E-state index in [0.29, 0.717) is 22.1 Å². The Bertz CT molecular complexity index is 1210. The third kappa shape index (κ3) is 4.49. The van der Waals surface area contributed by atoms with Crippen LogP contribution in [0.3, 0.4) is 0 Å². The van der Waals surface area contributed by atoms with Gasteiger partial charge in [0, 0.05) is 6.20 Å². The monoisotopic (exact) mass is 437 g/mol. The number of hydrogen-bond acceptors (Lipinski definition) is 6. The molecule has 0 spiro atoms. The molecule has 31 heavy (non-hydrogen) atoms. The zero-order valence-corrected chi connectivity index (χ0v) is 17.9. The molecule has 0 N–H and O–H groups in total. The smallest absolute Gasteiger partial charge is 0.267 e. The SMILES string of the molecule is COc1ccc(C)c2sc(N(Cc3ccccn3)C(=O)COc3ccccc3F)nc12. The summed E-state index contributed by atoms with van der Waals surface area (Å²) in [5, 5.41) is 0.496. The zero-order valence-electron chi connectivity index (χ0n) is 17.0. The Morgan fingerprint density at radius 3 is 2.65 bits per heavy atom. The first-order valence-corrected chi connectivity index (χ1v) is 10.4. The van der Waals surface area contributed by atoms with Crippen LogP contribution in [0.4, 0.5) is 9.52 Å². The van der Waals surface area contributed by atoms with Gasteiger partial charge in [0.05, 0.1) is 24.0 Å². The molecule has 0 aliphatic carbocycles. The van der Waals surface area contributed by atoms with Crippen LogP contribution in [-0.4, -0.2) is 29.6 Å². The number of rotatable bonds is 7. The second-order valence-electron chi connectivity index (χ2n) is 6.78. The minimum absolute atomic E-state index is 0.0236. The van der Waals surface area contributed by atoms with Crippen LogP contribution in [-0.2, 0) is 11.3 Å². The van der Waals surface area contributed by atoms with Crippen molar-refractivity contribution < 1.29 is 18.7 Å². The van der Waals surface area contributed by atoms with Gasteiger partial charge in [-0.25, -0.2) is 9.37 Å². The van der Waals surface area contributed by atoms with Crippen molar-refractivity contribution in [1.29, 1.82) is 0 Å². The third-order valence-corrected chi connectivity index (χ3v) is 5.89. The molecule has 2 aromatic heterocycles. The first-order chi connectivity index (χ1) is 15.1. The van der Waals surface area contributed by atoms with Crippen molar-refractivity contribution >= 4 is 32.6 Å². The molecule has 2 heterocycles. The molecule has 158 valence electrons. The minimum Gasteiger partial charge on any atom is -0.494 e. The van der Waals surface area contributed by atoms with Crippen molar-refractivity contribution in [3.05, 3.63) is 77.9 Å². The van der Waals surface area contributed by atoms with E-state index in [4.69, 9.17) is 9.47 Å². The fourth-order valence-electron chi connectivity index (χ4n) is 3.07. The molecule has 6 nitrogen and oxygen atoms in total. The molecule has 2 aromatic carbocycles. The molecular formula is C23H20FN3O3S. The predicted molar refractivity (Wildman–Crippen MR) is 118 cm³/mol. The number of aryl methyl sites for hydroxylation is 1. The molecule has 0 bridgehead atoms. The highest BCUT2D eigenvalue weighted by Crippen LogP contribution is 2.36. The number of hydrogen-bond donors (Lipinski definition) is 0. The number of carbonyl (C=O) groups is 1. The van der Waals surface area contributed by atoms with E-state index >= 15 is 0 Å². The van der Waals surface area contributed by atoms with Gasteiger partial charge in [0.2, 0.25) is 0 Å². The van der Waals surface area contributed by atoms with E-state index in [2.05, 4.69) is 9.97 Å². The highest BCUT2D eigenvalue weighted by atomic mass is 32.1. The summed E-state index contributed by atoms with van der Waals surface area (Å²) in [5.41, 5.74) is 2.42. The Balaban J connectivity index is 1.67. The van der Waals surface area contributed by atoms with Crippen molar-refractivity contribution in [2.24, 2.45) is 0 Å². The van der Waals surface area contributed by atoms with E-state index in [0.717, 1.165) is 10.3 Å². The fourth-order valence-corrected chi connectivity index (χ4v) is 4.14. The summed E-state index contributed by atoms with van der Waals surface area (Å²) in [6.07, 6.45) is 1.67. The van der Waals surface area contributed by atoms with Gasteiger partial charge in [0.1, 0.15) is 11.3 Å². The normalized spacial score (nSPS) is 10.8. The quantitative estimate of drug-likeness (QED) is 0.417. The van der Waals surface area contributed by atoms with Crippen LogP contribution < -0.4 is 14.4 Å². The van der Waals surface area contributed by atoms with Gasteiger partial charge in [-0.3, -0.25) is 14.7 Å². The maximum Gasteiger partial charge on any atom is 0.267 e. The van der Waals surface area contributed by atoms with Crippen LogP contribution in [0.15, 0.2) is 60.8 Å². The maximum atomic E-state index is 13.9. The van der Waals surface area contributed by atoms with Crippen LogP contribution in [0.1, 0.15) is 11.3 Å². The summed E-state index contributed by atoms with van der Waals surface area (Å²) in [5.74, 6) is -0.220. The number of benzene rings is 2. The number of ether oxygens (including phenoxy) is 2. The van der Waals surface area contributed by atoms with E-state index in [1.165, 1.54) is 28.4 Å². The molecule has 8 heteroatoms. The van der Waals surface area contributed by atoms with Gasteiger partial charge in [0.15, 0.2) is 23.3 Å². The van der Waals surface area contributed by atoms with Crippen molar-refractivity contribution in [2.75, 3.05) is 18.6 Å². The van der Waals surface area contributed by atoms with Gasteiger partial charge in [-0.15, -0.1) is 0 Å². The number of anilines is 1. The molecule has 0 saturated carbocycles. The van der Waals surface area contributed by atoms with Crippen molar-refractivity contribution in [1.82, 2.24) is 9.97 Å². The van der Waals surface area contributed by atoms with Crippen molar-refractivity contribution in [2.45, 2.75) is 13.5 Å². The van der Waals surface area contributed by atoms with Gasteiger partial charge >= 0.3 is 0 Å². The summed E-state index contributed by atoms with van der Waals surface area (Å²) in [4.78, 5) is 23.6. The molecule has 0 unspecified atom stereocenters. The van der Waals surface area contributed by atoms with Crippen LogP contribution in [0, 0.1) is 12.7 Å².